The van der Waals surface area contributed by atoms with Gasteiger partial charge in [-0.3, -0.25) is 9.59 Å². The van der Waals surface area contributed by atoms with Gasteiger partial charge in [-0.05, 0) is 11.6 Å². The largest absolute Gasteiger partial charge is 0.481 e. The highest BCUT2D eigenvalue weighted by Crippen LogP contribution is 2.08. The van der Waals surface area contributed by atoms with Crippen LogP contribution in [0, 0.1) is 0 Å². The van der Waals surface area contributed by atoms with E-state index in [1.54, 1.807) is 18.2 Å². The highest BCUT2D eigenvalue weighted by molar-refractivity contribution is 5.95. The van der Waals surface area contributed by atoms with Gasteiger partial charge in [0.15, 0.2) is 0 Å². The van der Waals surface area contributed by atoms with E-state index in [0.717, 1.165) is 0 Å². The van der Waals surface area contributed by atoms with Gasteiger partial charge in [-0.2, -0.15) is 0 Å². The van der Waals surface area contributed by atoms with E-state index in [4.69, 9.17) is 10.8 Å². The van der Waals surface area contributed by atoms with Crippen LogP contribution in [0.2, 0.25) is 0 Å². The molecule has 0 saturated heterocycles. The van der Waals surface area contributed by atoms with Crippen LogP contribution < -0.4 is 5.73 Å². The first-order valence-corrected chi connectivity index (χ1v) is 3.70. The van der Waals surface area contributed by atoms with Crippen molar-refractivity contribution in [1.29, 1.82) is 0 Å². The lowest BCUT2D eigenvalue weighted by Crippen LogP contribution is -2.15. The second-order valence-electron chi connectivity index (χ2n) is 2.59. The molecule has 4 nitrogen and oxygen atoms in total. The average molecular weight is 179 g/mol. The molecule has 1 rings (SSSR count). The maximum absolute atomic E-state index is 10.8. The van der Waals surface area contributed by atoms with E-state index < -0.39 is 11.9 Å². The van der Waals surface area contributed by atoms with Gasteiger partial charge < -0.3 is 10.8 Å². The molecule has 0 spiro atoms. The quantitative estimate of drug-likeness (QED) is 0.705. The lowest BCUT2D eigenvalue weighted by atomic mass is 10.0. The lowest BCUT2D eigenvalue weighted by Gasteiger charge is -2.02. The molecule has 1 aromatic carbocycles. The smallest absolute Gasteiger partial charge is 0.307 e. The number of benzene rings is 1. The summed E-state index contributed by atoms with van der Waals surface area (Å²) in [5.41, 5.74) is 5.77. The second-order valence-corrected chi connectivity index (χ2v) is 2.59. The second kappa shape index (κ2) is 3.71. The van der Waals surface area contributed by atoms with Gasteiger partial charge in [-0.15, -0.1) is 0 Å². The van der Waals surface area contributed by atoms with Crippen LogP contribution >= 0.6 is 0 Å². The van der Waals surface area contributed by atoms with E-state index in [0.29, 0.717) is 5.56 Å². The molecule has 0 atom stereocenters. The summed E-state index contributed by atoms with van der Waals surface area (Å²) >= 11 is 0. The third-order valence-electron chi connectivity index (χ3n) is 1.62. The summed E-state index contributed by atoms with van der Waals surface area (Å²) in [6.07, 6.45) is -0.181. The molecule has 0 aromatic heterocycles. The Hall–Kier alpha value is -1.84. The van der Waals surface area contributed by atoms with E-state index >= 15 is 0 Å². The summed E-state index contributed by atoms with van der Waals surface area (Å²) in [5.74, 6) is -1.58. The van der Waals surface area contributed by atoms with Crippen molar-refractivity contribution in [1.82, 2.24) is 0 Å². The molecule has 0 heterocycles. The van der Waals surface area contributed by atoms with Crippen LogP contribution in [0.3, 0.4) is 0 Å². The van der Waals surface area contributed by atoms with E-state index in [1.807, 2.05) is 0 Å². The Kier molecular flexibility index (Phi) is 2.64. The number of primary amides is 1. The molecular formula is C9H9NO3. The minimum Gasteiger partial charge on any atom is -0.481 e. The monoisotopic (exact) mass is 179 g/mol. The fourth-order valence-corrected chi connectivity index (χ4v) is 1.08. The van der Waals surface area contributed by atoms with E-state index in [2.05, 4.69) is 0 Å². The summed E-state index contributed by atoms with van der Waals surface area (Å²) in [6.45, 7) is 0. The van der Waals surface area contributed by atoms with Crippen LogP contribution in [0.4, 0.5) is 0 Å². The maximum atomic E-state index is 10.8. The molecule has 0 saturated carbocycles. The number of aliphatic carboxylic acids is 1. The molecule has 0 fully saturated rings. The van der Waals surface area contributed by atoms with Crippen LogP contribution in [-0.4, -0.2) is 17.0 Å². The molecule has 4 heteroatoms. The molecular weight excluding hydrogens is 170 g/mol. The van der Waals surface area contributed by atoms with E-state index in [1.165, 1.54) is 6.07 Å². The normalized spacial score (nSPS) is 9.54. The van der Waals surface area contributed by atoms with Crippen molar-refractivity contribution in [3.8, 4) is 0 Å². The van der Waals surface area contributed by atoms with Gasteiger partial charge in [-0.25, -0.2) is 0 Å². The molecule has 13 heavy (non-hydrogen) atoms. The Morgan fingerprint density at radius 1 is 1.31 bits per heavy atom. The summed E-state index contributed by atoms with van der Waals surface area (Å²) in [4.78, 5) is 21.2. The molecule has 68 valence electrons. The van der Waals surface area contributed by atoms with Crippen LogP contribution in [0.1, 0.15) is 15.9 Å². The highest BCUT2D eigenvalue weighted by atomic mass is 16.4. The molecule has 1 amide bonds. The zero-order chi connectivity index (χ0) is 9.84. The predicted molar refractivity (Wildman–Crippen MR) is 46.3 cm³/mol. The number of hydrogen-bond acceptors (Lipinski definition) is 2. The Morgan fingerprint density at radius 3 is 2.46 bits per heavy atom. The van der Waals surface area contributed by atoms with Gasteiger partial charge in [-0.1, -0.05) is 18.2 Å². The predicted octanol–water partition coefficient (Wildman–Crippen LogP) is 0.413. The Balaban J connectivity index is 3.04. The Bertz CT molecular complexity index is 346. The van der Waals surface area contributed by atoms with Gasteiger partial charge in [0.2, 0.25) is 5.91 Å². The molecule has 0 aliphatic rings. The van der Waals surface area contributed by atoms with Crippen molar-refractivity contribution in [3.63, 3.8) is 0 Å². The standard InChI is InChI=1S/C9H9NO3/c10-9(13)7-4-2-1-3-6(7)5-8(11)12/h1-4H,5H2,(H2,10,13)(H,11,12). The summed E-state index contributed by atoms with van der Waals surface area (Å²) in [7, 11) is 0. The molecule has 0 unspecified atom stereocenters. The number of amides is 1. The molecule has 0 radical (unpaired) electrons. The van der Waals surface area contributed by atoms with Crippen LogP contribution in [0.15, 0.2) is 24.3 Å². The number of carboxylic acid groups (broad SMARTS) is 1. The fraction of sp³-hybridized carbons (Fsp3) is 0.111. The number of nitrogens with two attached hydrogens (primary N) is 1. The van der Waals surface area contributed by atoms with Gasteiger partial charge in [0.05, 0.1) is 6.42 Å². The van der Waals surface area contributed by atoms with Crippen molar-refractivity contribution in [3.05, 3.63) is 35.4 Å². The molecule has 0 aliphatic heterocycles. The third kappa shape index (κ3) is 2.30. The lowest BCUT2D eigenvalue weighted by molar-refractivity contribution is -0.136. The summed E-state index contributed by atoms with van der Waals surface area (Å²) in [5, 5.41) is 8.52. The average Bonchev–Trinajstić information content (AvgIpc) is 2.03. The number of rotatable bonds is 3. The zero-order valence-electron chi connectivity index (χ0n) is 6.86. The van der Waals surface area contributed by atoms with Crippen molar-refractivity contribution >= 4 is 11.9 Å². The van der Waals surface area contributed by atoms with Crippen LogP contribution in [0.5, 0.6) is 0 Å². The zero-order valence-corrected chi connectivity index (χ0v) is 6.86. The van der Waals surface area contributed by atoms with Crippen molar-refractivity contribution < 1.29 is 14.7 Å². The highest BCUT2D eigenvalue weighted by Gasteiger charge is 2.09. The molecule has 0 bridgehead atoms. The SMILES string of the molecule is NC(=O)c1ccccc1CC(=O)O. The van der Waals surface area contributed by atoms with Crippen molar-refractivity contribution in [2.24, 2.45) is 5.73 Å². The minimum atomic E-state index is -0.978. The fourth-order valence-electron chi connectivity index (χ4n) is 1.08. The van der Waals surface area contributed by atoms with Gasteiger partial charge in [0, 0.05) is 5.56 Å². The summed E-state index contributed by atoms with van der Waals surface area (Å²) in [6, 6.07) is 6.41. The third-order valence-corrected chi connectivity index (χ3v) is 1.62. The van der Waals surface area contributed by atoms with Gasteiger partial charge >= 0.3 is 5.97 Å². The van der Waals surface area contributed by atoms with Crippen LogP contribution in [-0.2, 0) is 11.2 Å². The Morgan fingerprint density at radius 2 is 1.92 bits per heavy atom. The summed E-state index contributed by atoms with van der Waals surface area (Å²) < 4.78 is 0. The molecule has 0 aliphatic carbocycles. The van der Waals surface area contributed by atoms with Crippen molar-refractivity contribution in [2.75, 3.05) is 0 Å². The minimum absolute atomic E-state index is 0.181. The number of carbonyl (C=O) groups excluding carboxylic acids is 1. The molecule has 3 N–H and O–H groups in total. The maximum Gasteiger partial charge on any atom is 0.307 e. The van der Waals surface area contributed by atoms with Gasteiger partial charge in [0.25, 0.3) is 0 Å². The Labute approximate surface area is 75.0 Å². The number of carboxylic acids is 1. The van der Waals surface area contributed by atoms with E-state index in [9.17, 15) is 9.59 Å². The first kappa shape index (κ1) is 9.25. The topological polar surface area (TPSA) is 80.4 Å². The first-order valence-electron chi connectivity index (χ1n) is 3.70. The van der Waals surface area contributed by atoms with Crippen molar-refractivity contribution in [2.45, 2.75) is 6.42 Å². The van der Waals surface area contributed by atoms with Crippen LogP contribution in [0.25, 0.3) is 0 Å². The molecule has 1 aromatic rings. The number of hydrogen-bond donors (Lipinski definition) is 2. The van der Waals surface area contributed by atoms with E-state index in [-0.39, 0.29) is 12.0 Å². The number of carbonyl (C=O) groups is 2. The van der Waals surface area contributed by atoms with Gasteiger partial charge in [0.1, 0.15) is 0 Å². The first-order chi connectivity index (χ1) is 6.11.